The summed E-state index contributed by atoms with van der Waals surface area (Å²) >= 11 is 0. The van der Waals surface area contributed by atoms with E-state index in [9.17, 15) is 0 Å². The minimum atomic E-state index is -2.44. The van der Waals surface area contributed by atoms with Gasteiger partial charge in [-0.2, -0.15) is 0 Å². The monoisotopic (exact) mass is 348 g/mol. The van der Waals surface area contributed by atoms with E-state index in [1.54, 1.807) is 0 Å². The molecule has 0 aromatic heterocycles. The van der Waals surface area contributed by atoms with Crippen LogP contribution in [0.25, 0.3) is 32.3 Å². The smallest absolute Gasteiger partial charge is 0.372 e. The predicted octanol–water partition coefficient (Wildman–Crippen LogP) is 5.33. The molecule has 4 aromatic carbocycles. The molecule has 0 saturated heterocycles. The molecule has 25 heavy (non-hydrogen) atoms. The van der Waals surface area contributed by atoms with Gasteiger partial charge in [-0.05, 0) is 52.2 Å². The van der Waals surface area contributed by atoms with Crippen LogP contribution < -0.4 is 5.19 Å². The van der Waals surface area contributed by atoms with Crippen LogP contribution in [-0.4, -0.2) is 21.8 Å². The molecule has 0 bridgehead atoms. The lowest BCUT2D eigenvalue weighted by atomic mass is 9.94. The Morgan fingerprint density at radius 1 is 0.680 bits per heavy atom. The molecule has 0 fully saturated rings. The van der Waals surface area contributed by atoms with Gasteiger partial charge in [0.25, 0.3) is 0 Å². The van der Waals surface area contributed by atoms with E-state index in [1.165, 1.54) is 37.5 Å². The molecule has 4 rings (SSSR count). The Kier molecular flexibility index (Phi) is 4.24. The fourth-order valence-electron chi connectivity index (χ4n) is 4.13. The first kappa shape index (κ1) is 16.5. The minimum Gasteiger partial charge on any atom is -0.391 e. The molecule has 0 aliphatic rings. The van der Waals surface area contributed by atoms with Gasteiger partial charge in [0.2, 0.25) is 0 Å². The van der Waals surface area contributed by atoms with Crippen LogP contribution in [0.3, 0.4) is 0 Å². The molecule has 0 heterocycles. The van der Waals surface area contributed by atoms with Crippen LogP contribution >= 0.6 is 0 Å². The second-order valence-corrected chi connectivity index (χ2v) is 9.77. The van der Waals surface area contributed by atoms with Gasteiger partial charge in [0.15, 0.2) is 0 Å². The van der Waals surface area contributed by atoms with Crippen LogP contribution in [0.1, 0.15) is 20.8 Å². The highest BCUT2D eigenvalue weighted by molar-refractivity contribution is 6.83. The van der Waals surface area contributed by atoms with E-state index in [0.29, 0.717) is 13.2 Å². The second-order valence-electron chi connectivity index (χ2n) is 6.44. The van der Waals surface area contributed by atoms with E-state index in [-0.39, 0.29) is 0 Å². The second kappa shape index (κ2) is 6.41. The molecule has 0 aliphatic heterocycles. The maximum atomic E-state index is 6.31. The van der Waals surface area contributed by atoms with Crippen LogP contribution in [0.5, 0.6) is 0 Å². The van der Waals surface area contributed by atoms with Gasteiger partial charge in [-0.3, -0.25) is 0 Å². The molecule has 0 amide bonds. The summed E-state index contributed by atoms with van der Waals surface area (Å²) < 4.78 is 12.6. The van der Waals surface area contributed by atoms with Crippen molar-refractivity contribution in [2.24, 2.45) is 0 Å². The Balaban J connectivity index is 2.11. The van der Waals surface area contributed by atoms with Crippen LogP contribution in [-0.2, 0) is 8.85 Å². The summed E-state index contributed by atoms with van der Waals surface area (Å²) in [5.41, 5.74) is 0. The van der Waals surface area contributed by atoms with Gasteiger partial charge in [-0.25, -0.2) is 0 Å². The van der Waals surface area contributed by atoms with Crippen LogP contribution in [0, 0.1) is 0 Å². The molecule has 4 aromatic rings. The highest BCUT2D eigenvalue weighted by atomic mass is 28.4. The Bertz CT molecular complexity index is 1000. The first-order valence-electron chi connectivity index (χ1n) is 9.19. The van der Waals surface area contributed by atoms with Crippen molar-refractivity contribution < 1.29 is 8.85 Å². The Morgan fingerprint density at radius 2 is 1.24 bits per heavy atom. The molecule has 0 saturated carbocycles. The van der Waals surface area contributed by atoms with Gasteiger partial charge in [0.1, 0.15) is 0 Å². The number of hydrogen-bond donors (Lipinski definition) is 0. The third-order valence-electron chi connectivity index (χ3n) is 5.16. The Labute approximate surface area is 149 Å². The van der Waals surface area contributed by atoms with Gasteiger partial charge in [0.05, 0.1) is 0 Å². The third kappa shape index (κ3) is 2.46. The van der Waals surface area contributed by atoms with Crippen molar-refractivity contribution in [2.45, 2.75) is 26.8 Å². The van der Waals surface area contributed by atoms with Crippen molar-refractivity contribution in [3.8, 4) is 0 Å². The largest absolute Gasteiger partial charge is 0.391 e. The van der Waals surface area contributed by atoms with E-state index in [4.69, 9.17) is 8.85 Å². The summed E-state index contributed by atoms with van der Waals surface area (Å²) in [7, 11) is -2.44. The zero-order valence-electron chi connectivity index (χ0n) is 15.1. The number of benzene rings is 4. The molecule has 128 valence electrons. The molecule has 0 N–H and O–H groups in total. The predicted molar refractivity (Wildman–Crippen MR) is 109 cm³/mol. The average Bonchev–Trinajstić information content (AvgIpc) is 2.66. The van der Waals surface area contributed by atoms with Crippen LogP contribution in [0.15, 0.2) is 54.6 Å². The van der Waals surface area contributed by atoms with Crippen molar-refractivity contribution in [1.29, 1.82) is 0 Å². The lowest BCUT2D eigenvalue weighted by Crippen LogP contribution is -2.53. The van der Waals surface area contributed by atoms with Gasteiger partial charge >= 0.3 is 8.56 Å². The average molecular weight is 349 g/mol. The van der Waals surface area contributed by atoms with E-state index < -0.39 is 8.56 Å². The SMILES string of the molecule is CCO[Si](CC)(OCC)c1ccc2ccc3cccc4ccc1c2c34. The standard InChI is InChI=1S/C22H24O2Si/c1-4-23-25(6-3,24-5-2)20-15-13-18-11-10-16-8-7-9-17-12-14-19(20)22(18)21(16)17/h7-15H,4-6H2,1-3H3. The lowest BCUT2D eigenvalue weighted by Gasteiger charge is -2.30. The zero-order valence-corrected chi connectivity index (χ0v) is 16.1. The van der Waals surface area contributed by atoms with Crippen LogP contribution in [0.4, 0.5) is 0 Å². The molecule has 3 heteroatoms. The number of rotatable bonds is 6. The highest BCUT2D eigenvalue weighted by Gasteiger charge is 2.39. The molecular formula is C22H24O2Si. The summed E-state index contributed by atoms with van der Waals surface area (Å²) in [6.45, 7) is 7.68. The topological polar surface area (TPSA) is 18.5 Å². The summed E-state index contributed by atoms with van der Waals surface area (Å²) in [5, 5.41) is 9.13. The first-order valence-corrected chi connectivity index (χ1v) is 11.2. The zero-order chi connectivity index (χ0) is 17.4. The van der Waals surface area contributed by atoms with Gasteiger partial charge in [0, 0.05) is 18.4 Å². The van der Waals surface area contributed by atoms with Crippen LogP contribution in [0.2, 0.25) is 6.04 Å². The van der Waals surface area contributed by atoms with Crippen molar-refractivity contribution in [1.82, 2.24) is 0 Å². The van der Waals surface area contributed by atoms with Crippen molar-refractivity contribution >= 4 is 46.1 Å². The Morgan fingerprint density at radius 3 is 1.84 bits per heavy atom. The van der Waals surface area contributed by atoms with E-state index in [0.717, 1.165) is 6.04 Å². The van der Waals surface area contributed by atoms with Gasteiger partial charge in [-0.1, -0.05) is 61.5 Å². The first-order chi connectivity index (χ1) is 12.2. The number of hydrogen-bond acceptors (Lipinski definition) is 2. The van der Waals surface area contributed by atoms with E-state index in [1.807, 2.05) is 0 Å². The molecule has 0 aliphatic carbocycles. The Hall–Kier alpha value is -1.94. The fraction of sp³-hybridized carbons (Fsp3) is 0.273. The molecule has 2 nitrogen and oxygen atoms in total. The van der Waals surface area contributed by atoms with Crippen molar-refractivity contribution in [3.05, 3.63) is 54.6 Å². The minimum absolute atomic E-state index is 0.683. The molecule has 0 spiro atoms. The summed E-state index contributed by atoms with van der Waals surface area (Å²) in [6.07, 6.45) is 0. The summed E-state index contributed by atoms with van der Waals surface area (Å²) in [6, 6.07) is 20.9. The fourth-order valence-corrected chi connectivity index (χ4v) is 7.20. The summed E-state index contributed by atoms with van der Waals surface area (Å²) in [5.74, 6) is 0. The van der Waals surface area contributed by atoms with Crippen molar-refractivity contribution in [3.63, 3.8) is 0 Å². The molecule has 0 unspecified atom stereocenters. The molecule has 0 radical (unpaired) electrons. The van der Waals surface area contributed by atoms with E-state index in [2.05, 4.69) is 75.4 Å². The molecule has 0 atom stereocenters. The normalized spacial score (nSPS) is 12.6. The third-order valence-corrected chi connectivity index (χ3v) is 8.86. The van der Waals surface area contributed by atoms with Gasteiger partial charge < -0.3 is 8.85 Å². The summed E-state index contributed by atoms with van der Waals surface area (Å²) in [4.78, 5) is 0. The quantitative estimate of drug-likeness (QED) is 0.346. The maximum absolute atomic E-state index is 6.31. The molecular weight excluding hydrogens is 324 g/mol. The van der Waals surface area contributed by atoms with Gasteiger partial charge in [-0.15, -0.1) is 0 Å². The van der Waals surface area contributed by atoms with Crippen molar-refractivity contribution in [2.75, 3.05) is 13.2 Å². The van der Waals surface area contributed by atoms with E-state index >= 15 is 0 Å². The maximum Gasteiger partial charge on any atom is 0.372 e. The highest BCUT2D eigenvalue weighted by Crippen LogP contribution is 2.34. The lowest BCUT2D eigenvalue weighted by molar-refractivity contribution is 0.197.